The molecule has 0 radical (unpaired) electrons. The second kappa shape index (κ2) is 3.60. The van der Waals surface area contributed by atoms with E-state index in [1.54, 1.807) is 6.92 Å². The number of alkyl halides is 4. The van der Waals surface area contributed by atoms with Crippen molar-refractivity contribution in [1.82, 2.24) is 5.32 Å². The number of hydrogen-bond donors (Lipinski definition) is 1. The summed E-state index contributed by atoms with van der Waals surface area (Å²) in [4.78, 5) is 0. The van der Waals surface area contributed by atoms with Crippen molar-refractivity contribution in [3.63, 3.8) is 0 Å². The Bertz CT molecular complexity index is 80.4. The third-order valence-corrected chi connectivity index (χ3v) is 1.02. The number of nitrogens with one attached hydrogen (secondary N) is 1. The molecule has 0 aliphatic heterocycles. The minimum absolute atomic E-state index is 0.135. The average Bonchev–Trinajstić information content (AvgIpc) is 1.59. The Morgan fingerprint density at radius 3 is 2.11 bits per heavy atom. The van der Waals surface area contributed by atoms with Crippen LogP contribution in [-0.2, 0) is 0 Å². The molecule has 0 aliphatic carbocycles. The first-order chi connectivity index (χ1) is 3.92. The number of hydrogen-bond acceptors (Lipinski definition) is 1. The van der Waals surface area contributed by atoms with Gasteiger partial charge in [-0.25, -0.2) is 0 Å². The van der Waals surface area contributed by atoms with Crippen molar-refractivity contribution in [3.05, 3.63) is 0 Å². The van der Waals surface area contributed by atoms with E-state index in [4.69, 9.17) is 0 Å². The molecule has 0 heterocycles. The van der Waals surface area contributed by atoms with Crippen molar-refractivity contribution in [1.29, 1.82) is 0 Å². The van der Waals surface area contributed by atoms with Gasteiger partial charge in [0.15, 0.2) is 0 Å². The minimum atomic E-state index is -4.08. The summed E-state index contributed by atoms with van der Waals surface area (Å²) in [6.07, 6.45) is -4.08. The van der Waals surface area contributed by atoms with Gasteiger partial charge in [-0.15, -0.1) is 0 Å². The fourth-order valence-electron chi connectivity index (χ4n) is 0.256. The van der Waals surface area contributed by atoms with Gasteiger partial charge in [0.25, 0.3) is 0 Å². The summed E-state index contributed by atoms with van der Waals surface area (Å²) < 4.78 is 33.9. The molecule has 0 saturated carbocycles. The molecule has 0 aliphatic rings. The predicted molar refractivity (Wildman–Crippen MR) is 37.5 cm³/mol. The summed E-state index contributed by atoms with van der Waals surface area (Å²) in [6.45, 7) is 0.753. The van der Waals surface area contributed by atoms with Crippen LogP contribution < -0.4 is 5.32 Å². The summed E-state index contributed by atoms with van der Waals surface area (Å²) in [6, 6.07) is 0. The van der Waals surface area contributed by atoms with Gasteiger partial charge in [0.1, 0.15) is 0 Å². The van der Waals surface area contributed by atoms with Gasteiger partial charge in [0, 0.05) is 0 Å². The summed E-state index contributed by atoms with van der Waals surface area (Å²) in [5, 5.41) is 2.25. The lowest BCUT2D eigenvalue weighted by Gasteiger charge is -2.08. The molecule has 56 valence electrons. The predicted octanol–water partition coefficient (Wildman–Crippen LogP) is 1.92. The van der Waals surface area contributed by atoms with E-state index in [2.05, 4.69) is 5.32 Å². The Balaban J connectivity index is 3.28. The molecule has 0 spiro atoms. The maximum Gasteiger partial charge on any atom is 0.401 e. The van der Waals surface area contributed by atoms with E-state index < -0.39 is 12.7 Å². The zero-order chi connectivity index (χ0) is 7.49. The van der Waals surface area contributed by atoms with Crippen molar-refractivity contribution >= 4 is 22.6 Å². The topological polar surface area (TPSA) is 12.0 Å². The number of halogens is 4. The second-order valence-electron chi connectivity index (χ2n) is 1.61. The Hall–Kier alpha value is 0.480. The molecule has 0 bridgehead atoms. The zero-order valence-corrected chi connectivity index (χ0v) is 6.95. The van der Waals surface area contributed by atoms with Crippen LogP contribution in [0.4, 0.5) is 13.2 Å². The van der Waals surface area contributed by atoms with E-state index in [1.807, 2.05) is 22.6 Å². The van der Waals surface area contributed by atoms with Gasteiger partial charge >= 0.3 is 6.18 Å². The van der Waals surface area contributed by atoms with Crippen LogP contribution in [0.5, 0.6) is 0 Å². The van der Waals surface area contributed by atoms with Gasteiger partial charge in [-0.05, 0) is 6.92 Å². The van der Waals surface area contributed by atoms with E-state index >= 15 is 0 Å². The third kappa shape index (κ3) is 8.48. The summed E-state index contributed by atoms with van der Waals surface area (Å²) in [5.74, 6) is 0. The molecule has 0 aromatic rings. The molecular formula is C4H7F3IN. The van der Waals surface area contributed by atoms with Gasteiger partial charge in [0.05, 0.1) is 10.6 Å². The molecule has 9 heavy (non-hydrogen) atoms. The van der Waals surface area contributed by atoms with Crippen molar-refractivity contribution in [2.24, 2.45) is 0 Å². The van der Waals surface area contributed by atoms with E-state index in [-0.39, 0.29) is 4.05 Å². The molecule has 1 N–H and O–H groups in total. The monoisotopic (exact) mass is 253 g/mol. The van der Waals surface area contributed by atoms with E-state index in [0.717, 1.165) is 0 Å². The molecule has 0 unspecified atom stereocenters. The van der Waals surface area contributed by atoms with Gasteiger partial charge in [-0.1, -0.05) is 22.6 Å². The van der Waals surface area contributed by atoms with E-state index in [1.165, 1.54) is 0 Å². The lowest BCUT2D eigenvalue weighted by atomic mass is 10.6. The number of rotatable bonds is 2. The SMILES string of the molecule is C[C@@H](I)NCC(F)(F)F. The van der Waals surface area contributed by atoms with Crippen LogP contribution in [0.1, 0.15) is 6.92 Å². The Morgan fingerprint density at radius 2 is 2.00 bits per heavy atom. The summed E-state index contributed by atoms with van der Waals surface area (Å²) >= 11 is 1.87. The highest BCUT2D eigenvalue weighted by Crippen LogP contribution is 2.12. The molecule has 0 aromatic carbocycles. The van der Waals surface area contributed by atoms with Crippen molar-refractivity contribution in [2.75, 3.05) is 6.54 Å². The van der Waals surface area contributed by atoms with Crippen LogP contribution in [0.3, 0.4) is 0 Å². The second-order valence-corrected chi connectivity index (χ2v) is 3.48. The van der Waals surface area contributed by atoms with Crippen LogP contribution >= 0.6 is 22.6 Å². The first kappa shape index (κ1) is 9.48. The highest BCUT2D eigenvalue weighted by Gasteiger charge is 2.26. The molecule has 0 amide bonds. The summed E-state index contributed by atoms with van der Waals surface area (Å²) in [5.41, 5.74) is 0. The van der Waals surface area contributed by atoms with Crippen LogP contribution in [-0.4, -0.2) is 16.8 Å². The Kier molecular flexibility index (Phi) is 3.79. The first-order valence-electron chi connectivity index (χ1n) is 2.36. The van der Waals surface area contributed by atoms with Crippen LogP contribution in [0.15, 0.2) is 0 Å². The fourth-order valence-corrected chi connectivity index (χ4v) is 0.477. The molecule has 0 rings (SSSR count). The maximum atomic E-state index is 11.4. The smallest absolute Gasteiger partial charge is 0.297 e. The standard InChI is InChI=1S/C4H7F3IN/c1-3(8)9-2-4(5,6)7/h3,9H,2H2,1H3/t3-/m0/s1. The maximum absolute atomic E-state index is 11.4. The van der Waals surface area contributed by atoms with E-state index in [9.17, 15) is 13.2 Å². The fraction of sp³-hybridized carbons (Fsp3) is 1.00. The lowest BCUT2D eigenvalue weighted by Crippen LogP contribution is -2.31. The molecule has 1 nitrogen and oxygen atoms in total. The van der Waals surface area contributed by atoms with Gasteiger partial charge in [-0.2, -0.15) is 13.2 Å². The highest BCUT2D eigenvalue weighted by atomic mass is 127. The largest absolute Gasteiger partial charge is 0.401 e. The molecule has 5 heteroatoms. The van der Waals surface area contributed by atoms with Gasteiger partial charge in [-0.3, -0.25) is 5.32 Å². The lowest BCUT2D eigenvalue weighted by molar-refractivity contribution is -0.124. The molecule has 0 aromatic heterocycles. The van der Waals surface area contributed by atoms with Gasteiger partial charge < -0.3 is 0 Å². The third-order valence-electron chi connectivity index (χ3n) is 0.584. The van der Waals surface area contributed by atoms with E-state index in [0.29, 0.717) is 0 Å². The van der Waals surface area contributed by atoms with Gasteiger partial charge in [0.2, 0.25) is 0 Å². The average molecular weight is 253 g/mol. The summed E-state index contributed by atoms with van der Waals surface area (Å²) in [7, 11) is 0. The molecular weight excluding hydrogens is 246 g/mol. The highest BCUT2D eigenvalue weighted by molar-refractivity contribution is 14.1. The van der Waals surface area contributed by atoms with Crippen molar-refractivity contribution < 1.29 is 13.2 Å². The minimum Gasteiger partial charge on any atom is -0.297 e. The Labute approximate surface area is 65.1 Å². The first-order valence-corrected chi connectivity index (χ1v) is 3.60. The molecule has 0 fully saturated rings. The molecule has 1 atom stereocenters. The van der Waals surface area contributed by atoms with Crippen LogP contribution in [0.25, 0.3) is 0 Å². The van der Waals surface area contributed by atoms with Crippen molar-refractivity contribution in [2.45, 2.75) is 17.1 Å². The van der Waals surface area contributed by atoms with Crippen LogP contribution in [0.2, 0.25) is 0 Å². The van der Waals surface area contributed by atoms with Crippen LogP contribution in [0, 0.1) is 0 Å². The quantitative estimate of drug-likeness (QED) is 0.450. The Morgan fingerprint density at radius 1 is 1.56 bits per heavy atom. The van der Waals surface area contributed by atoms with Crippen molar-refractivity contribution in [3.8, 4) is 0 Å². The normalized spacial score (nSPS) is 15.7. The zero-order valence-electron chi connectivity index (χ0n) is 4.80. The molecule has 0 saturated heterocycles.